The Morgan fingerprint density at radius 2 is 1.80 bits per heavy atom. The van der Waals surface area contributed by atoms with Crippen LogP contribution in [0.15, 0.2) is 48.5 Å². The Bertz CT molecular complexity index is 1080. The van der Waals surface area contributed by atoms with Gasteiger partial charge in [-0.1, -0.05) is 44.2 Å². The molecule has 1 unspecified atom stereocenters. The molecule has 2 N–H and O–H groups in total. The minimum absolute atomic E-state index is 0.0962. The van der Waals surface area contributed by atoms with E-state index in [1.807, 2.05) is 70.2 Å². The number of carbonyl (C=O) groups is 2. The van der Waals surface area contributed by atoms with Gasteiger partial charge in [0.25, 0.3) is 11.8 Å². The SMILES string of the molecule is CCc1nc2ccccc2c(C(=O)NCc2cccc(C(=O)NC(C)CC)c2)c1C. The lowest BCUT2D eigenvalue weighted by molar-refractivity contribution is 0.0936. The maximum absolute atomic E-state index is 13.1. The molecule has 0 aliphatic heterocycles. The fraction of sp³-hybridized carbons (Fsp3) is 0.320. The van der Waals surface area contributed by atoms with Gasteiger partial charge in [0.15, 0.2) is 0 Å². The Kier molecular flexibility index (Phi) is 6.83. The maximum atomic E-state index is 13.1. The average Bonchev–Trinajstić information content (AvgIpc) is 2.77. The predicted octanol–water partition coefficient (Wildman–Crippen LogP) is 4.56. The predicted molar refractivity (Wildman–Crippen MR) is 121 cm³/mol. The first-order valence-corrected chi connectivity index (χ1v) is 10.5. The van der Waals surface area contributed by atoms with E-state index in [1.165, 1.54) is 0 Å². The van der Waals surface area contributed by atoms with E-state index < -0.39 is 0 Å². The molecule has 30 heavy (non-hydrogen) atoms. The zero-order valence-electron chi connectivity index (χ0n) is 18.1. The van der Waals surface area contributed by atoms with Gasteiger partial charge < -0.3 is 10.6 Å². The summed E-state index contributed by atoms with van der Waals surface area (Å²) in [6.07, 6.45) is 1.64. The largest absolute Gasteiger partial charge is 0.350 e. The van der Waals surface area contributed by atoms with E-state index in [0.29, 0.717) is 17.7 Å². The first-order chi connectivity index (χ1) is 14.4. The highest BCUT2D eigenvalue weighted by Gasteiger charge is 2.17. The Morgan fingerprint density at radius 3 is 2.53 bits per heavy atom. The monoisotopic (exact) mass is 403 g/mol. The second-order valence-electron chi connectivity index (χ2n) is 7.60. The Morgan fingerprint density at radius 1 is 1.03 bits per heavy atom. The van der Waals surface area contributed by atoms with Crippen LogP contribution in [0.2, 0.25) is 0 Å². The Balaban J connectivity index is 1.81. The molecule has 2 aromatic carbocycles. The number of nitrogens with one attached hydrogen (secondary N) is 2. The molecule has 5 nitrogen and oxygen atoms in total. The zero-order chi connectivity index (χ0) is 21.7. The van der Waals surface area contributed by atoms with E-state index in [9.17, 15) is 9.59 Å². The Labute approximate surface area is 177 Å². The van der Waals surface area contributed by atoms with Crippen LogP contribution in [0.4, 0.5) is 0 Å². The summed E-state index contributed by atoms with van der Waals surface area (Å²) in [6, 6.07) is 15.2. The summed E-state index contributed by atoms with van der Waals surface area (Å²) in [5.41, 5.74) is 4.82. The molecular formula is C25H29N3O2. The van der Waals surface area contributed by atoms with Crippen molar-refractivity contribution in [1.29, 1.82) is 0 Å². The highest BCUT2D eigenvalue weighted by Crippen LogP contribution is 2.23. The van der Waals surface area contributed by atoms with Crippen molar-refractivity contribution in [3.63, 3.8) is 0 Å². The molecule has 0 aliphatic carbocycles. The molecule has 1 heterocycles. The normalized spacial score (nSPS) is 11.9. The van der Waals surface area contributed by atoms with Crippen molar-refractivity contribution in [3.8, 4) is 0 Å². The highest BCUT2D eigenvalue weighted by molar-refractivity contribution is 6.07. The third-order valence-electron chi connectivity index (χ3n) is 5.43. The topological polar surface area (TPSA) is 71.1 Å². The molecule has 0 spiro atoms. The van der Waals surface area contributed by atoms with Crippen LogP contribution in [0.3, 0.4) is 0 Å². The summed E-state index contributed by atoms with van der Waals surface area (Å²) in [6.45, 7) is 8.36. The molecule has 1 aromatic heterocycles. The van der Waals surface area contributed by atoms with E-state index in [1.54, 1.807) is 6.07 Å². The summed E-state index contributed by atoms with van der Waals surface area (Å²) in [5.74, 6) is -0.226. The lowest BCUT2D eigenvalue weighted by Crippen LogP contribution is -2.32. The van der Waals surface area contributed by atoms with Gasteiger partial charge in [0.05, 0.1) is 11.1 Å². The lowest BCUT2D eigenvalue weighted by Gasteiger charge is -2.14. The third kappa shape index (κ3) is 4.67. The van der Waals surface area contributed by atoms with Gasteiger partial charge in [-0.15, -0.1) is 0 Å². The molecule has 0 bridgehead atoms. The van der Waals surface area contributed by atoms with Crippen LogP contribution in [0.1, 0.15) is 64.7 Å². The van der Waals surface area contributed by atoms with Crippen LogP contribution in [0.25, 0.3) is 10.9 Å². The van der Waals surface area contributed by atoms with Gasteiger partial charge in [0, 0.05) is 29.2 Å². The molecular weight excluding hydrogens is 374 g/mol. The average molecular weight is 404 g/mol. The van der Waals surface area contributed by atoms with Gasteiger partial charge in [0.2, 0.25) is 0 Å². The number of carbonyl (C=O) groups excluding carboxylic acids is 2. The van der Waals surface area contributed by atoms with Crippen molar-refractivity contribution in [2.24, 2.45) is 0 Å². The van der Waals surface area contributed by atoms with E-state index >= 15 is 0 Å². The zero-order valence-corrected chi connectivity index (χ0v) is 18.1. The number of hydrogen-bond acceptors (Lipinski definition) is 3. The minimum Gasteiger partial charge on any atom is -0.350 e. The van der Waals surface area contributed by atoms with E-state index in [2.05, 4.69) is 10.6 Å². The number of pyridine rings is 1. The van der Waals surface area contributed by atoms with Crippen molar-refractivity contribution in [2.45, 2.75) is 53.1 Å². The number of fused-ring (bicyclic) bond motifs is 1. The van der Waals surface area contributed by atoms with Crippen molar-refractivity contribution in [3.05, 3.63) is 76.5 Å². The number of aromatic nitrogens is 1. The standard InChI is InChI=1S/C25H29N3O2/c1-5-16(3)27-24(29)19-11-9-10-18(14-19)15-26-25(30)23-17(4)21(6-2)28-22-13-8-7-12-20(22)23/h7-14,16H,5-6,15H2,1-4H3,(H,26,30)(H,27,29). The van der Waals surface area contributed by atoms with Gasteiger partial charge in [-0.25, -0.2) is 0 Å². The highest BCUT2D eigenvalue weighted by atomic mass is 16.2. The molecule has 0 fully saturated rings. The summed E-state index contributed by atoms with van der Waals surface area (Å²) < 4.78 is 0. The minimum atomic E-state index is -0.129. The molecule has 3 aromatic rings. The third-order valence-corrected chi connectivity index (χ3v) is 5.43. The number of benzene rings is 2. The number of amides is 2. The van der Waals surface area contributed by atoms with Gasteiger partial charge >= 0.3 is 0 Å². The summed E-state index contributed by atoms with van der Waals surface area (Å²) in [7, 11) is 0. The van der Waals surface area contributed by atoms with E-state index in [0.717, 1.165) is 40.6 Å². The van der Waals surface area contributed by atoms with Gasteiger partial charge in [-0.3, -0.25) is 14.6 Å². The summed E-state index contributed by atoms with van der Waals surface area (Å²) >= 11 is 0. The Hall–Kier alpha value is -3.21. The second-order valence-corrected chi connectivity index (χ2v) is 7.60. The molecule has 156 valence electrons. The fourth-order valence-corrected chi connectivity index (χ4v) is 3.50. The van der Waals surface area contributed by atoms with Crippen LogP contribution in [0, 0.1) is 6.92 Å². The first-order valence-electron chi connectivity index (χ1n) is 10.5. The maximum Gasteiger partial charge on any atom is 0.252 e. The number of rotatable bonds is 7. The summed E-state index contributed by atoms with van der Waals surface area (Å²) in [5, 5.41) is 6.84. The molecule has 1 atom stereocenters. The number of para-hydroxylation sites is 1. The molecule has 0 saturated carbocycles. The smallest absolute Gasteiger partial charge is 0.252 e. The van der Waals surface area contributed by atoms with Crippen LogP contribution in [-0.4, -0.2) is 22.8 Å². The number of nitrogens with zero attached hydrogens (tertiary/aromatic N) is 1. The summed E-state index contributed by atoms with van der Waals surface area (Å²) in [4.78, 5) is 30.2. The molecule has 0 saturated heterocycles. The van der Waals surface area contributed by atoms with E-state index in [4.69, 9.17) is 4.98 Å². The van der Waals surface area contributed by atoms with Gasteiger partial charge in [0.1, 0.15) is 0 Å². The van der Waals surface area contributed by atoms with E-state index in [-0.39, 0.29) is 17.9 Å². The van der Waals surface area contributed by atoms with Crippen molar-refractivity contribution >= 4 is 22.7 Å². The lowest BCUT2D eigenvalue weighted by atomic mass is 9.99. The quantitative estimate of drug-likeness (QED) is 0.607. The van der Waals surface area contributed by atoms with Crippen LogP contribution < -0.4 is 10.6 Å². The van der Waals surface area contributed by atoms with Crippen LogP contribution in [0.5, 0.6) is 0 Å². The first kappa shape index (κ1) is 21.5. The molecule has 5 heteroatoms. The van der Waals surface area contributed by atoms with Crippen molar-refractivity contribution < 1.29 is 9.59 Å². The molecule has 3 rings (SSSR count). The molecule has 2 amide bonds. The molecule has 0 aliphatic rings. The molecule has 0 radical (unpaired) electrons. The van der Waals surface area contributed by atoms with Crippen molar-refractivity contribution in [1.82, 2.24) is 15.6 Å². The fourth-order valence-electron chi connectivity index (χ4n) is 3.50. The second kappa shape index (κ2) is 9.53. The number of aryl methyl sites for hydroxylation is 1. The van der Waals surface area contributed by atoms with Crippen molar-refractivity contribution in [2.75, 3.05) is 0 Å². The van der Waals surface area contributed by atoms with Gasteiger partial charge in [-0.2, -0.15) is 0 Å². The van der Waals surface area contributed by atoms with Crippen LogP contribution >= 0.6 is 0 Å². The van der Waals surface area contributed by atoms with Crippen LogP contribution in [-0.2, 0) is 13.0 Å². The number of hydrogen-bond donors (Lipinski definition) is 2. The van der Waals surface area contributed by atoms with Gasteiger partial charge in [-0.05, 0) is 56.0 Å².